The molecule has 0 saturated carbocycles. The second kappa shape index (κ2) is 9.94. The second-order valence-corrected chi connectivity index (χ2v) is 5.61. The van der Waals surface area contributed by atoms with Crippen LogP contribution in [0.15, 0.2) is 60.2 Å². The summed E-state index contributed by atoms with van der Waals surface area (Å²) in [6, 6.07) is 18.4. The second-order valence-electron chi connectivity index (χ2n) is 5.61. The van der Waals surface area contributed by atoms with Crippen molar-refractivity contribution in [3.8, 4) is 11.8 Å². The predicted octanol–water partition coefficient (Wildman–Crippen LogP) is 4.80. The maximum atomic E-state index is 12.2. The van der Waals surface area contributed by atoms with Gasteiger partial charge in [0.05, 0.1) is 6.61 Å². The van der Waals surface area contributed by atoms with E-state index in [1.165, 1.54) is 0 Å². The Bertz CT molecular complexity index is 744. The summed E-state index contributed by atoms with van der Waals surface area (Å²) in [7, 11) is 0. The molecule has 128 valence electrons. The molecular formula is C21H22N2O2. The Morgan fingerprint density at radius 3 is 2.48 bits per heavy atom. The molecule has 0 aliphatic heterocycles. The third-order valence-corrected chi connectivity index (χ3v) is 3.60. The molecule has 0 aliphatic carbocycles. The van der Waals surface area contributed by atoms with E-state index in [-0.39, 0.29) is 5.57 Å². The standard InChI is InChI=1S/C21H22N2O2/c1-2-3-7-14-25-20-12-10-17(11-13-20)15-18(16-22)21(24)23-19-8-5-4-6-9-19/h4-6,8-13,15H,2-3,7,14H2,1H3,(H,23,24)/b18-15-. The highest BCUT2D eigenvalue weighted by Gasteiger charge is 2.09. The zero-order valence-corrected chi connectivity index (χ0v) is 14.4. The summed E-state index contributed by atoms with van der Waals surface area (Å²) < 4.78 is 5.66. The Labute approximate surface area is 148 Å². The Kier molecular flexibility index (Phi) is 7.27. The molecule has 0 saturated heterocycles. The number of carbonyl (C=O) groups is 1. The van der Waals surface area contributed by atoms with Crippen molar-refractivity contribution in [2.24, 2.45) is 0 Å². The van der Waals surface area contributed by atoms with Gasteiger partial charge in [-0.05, 0) is 42.3 Å². The molecular weight excluding hydrogens is 312 g/mol. The third-order valence-electron chi connectivity index (χ3n) is 3.60. The molecule has 2 aromatic carbocycles. The van der Waals surface area contributed by atoms with Crippen molar-refractivity contribution in [3.63, 3.8) is 0 Å². The lowest BCUT2D eigenvalue weighted by molar-refractivity contribution is -0.112. The minimum absolute atomic E-state index is 0.0560. The van der Waals surface area contributed by atoms with Crippen LogP contribution in [0.1, 0.15) is 31.7 Å². The van der Waals surface area contributed by atoms with Crippen molar-refractivity contribution >= 4 is 17.7 Å². The number of amides is 1. The number of benzene rings is 2. The molecule has 0 atom stereocenters. The normalized spacial score (nSPS) is 10.8. The van der Waals surface area contributed by atoms with Crippen LogP contribution >= 0.6 is 0 Å². The smallest absolute Gasteiger partial charge is 0.266 e. The molecule has 4 nitrogen and oxygen atoms in total. The fourth-order valence-electron chi connectivity index (χ4n) is 2.24. The van der Waals surface area contributed by atoms with E-state index in [1.54, 1.807) is 18.2 Å². The summed E-state index contributed by atoms with van der Waals surface area (Å²) in [4.78, 5) is 12.2. The highest BCUT2D eigenvalue weighted by molar-refractivity contribution is 6.09. The predicted molar refractivity (Wildman–Crippen MR) is 100 cm³/mol. The quantitative estimate of drug-likeness (QED) is 0.428. The van der Waals surface area contributed by atoms with Crippen LogP contribution in [-0.4, -0.2) is 12.5 Å². The molecule has 0 unspecified atom stereocenters. The number of nitrogens with one attached hydrogen (secondary N) is 1. The highest BCUT2D eigenvalue weighted by atomic mass is 16.5. The summed E-state index contributed by atoms with van der Waals surface area (Å²) in [5.41, 5.74) is 1.49. The number of unbranched alkanes of at least 4 members (excludes halogenated alkanes) is 2. The lowest BCUT2D eigenvalue weighted by Crippen LogP contribution is -2.13. The molecule has 0 spiro atoms. The van der Waals surface area contributed by atoms with Crippen LogP contribution in [0.5, 0.6) is 5.75 Å². The molecule has 0 bridgehead atoms. The number of hydrogen-bond donors (Lipinski definition) is 1. The molecule has 0 aromatic heterocycles. The number of nitrogens with zero attached hydrogens (tertiary/aromatic N) is 1. The zero-order chi connectivity index (χ0) is 17.9. The summed E-state index contributed by atoms with van der Waals surface area (Å²) >= 11 is 0. The zero-order valence-electron chi connectivity index (χ0n) is 14.4. The minimum Gasteiger partial charge on any atom is -0.494 e. The van der Waals surface area contributed by atoms with Crippen molar-refractivity contribution in [1.29, 1.82) is 5.26 Å². The van der Waals surface area contributed by atoms with Crippen LogP contribution in [0, 0.1) is 11.3 Å². The number of hydrogen-bond acceptors (Lipinski definition) is 3. The Morgan fingerprint density at radius 2 is 1.84 bits per heavy atom. The largest absolute Gasteiger partial charge is 0.494 e. The van der Waals surface area contributed by atoms with Gasteiger partial charge < -0.3 is 10.1 Å². The summed E-state index contributed by atoms with van der Waals surface area (Å²) in [6.07, 6.45) is 4.92. The van der Waals surface area contributed by atoms with Crippen molar-refractivity contribution in [1.82, 2.24) is 0 Å². The van der Waals surface area contributed by atoms with Gasteiger partial charge in [-0.2, -0.15) is 5.26 Å². The molecule has 2 aromatic rings. The van der Waals surface area contributed by atoms with Gasteiger partial charge in [0.25, 0.3) is 5.91 Å². The van der Waals surface area contributed by atoms with E-state index >= 15 is 0 Å². The van der Waals surface area contributed by atoms with Gasteiger partial charge >= 0.3 is 0 Å². The van der Waals surface area contributed by atoms with Gasteiger partial charge in [0.2, 0.25) is 0 Å². The van der Waals surface area contributed by atoms with Crippen molar-refractivity contribution in [2.75, 3.05) is 11.9 Å². The maximum Gasteiger partial charge on any atom is 0.266 e. The maximum absolute atomic E-state index is 12.2. The van der Waals surface area contributed by atoms with Crippen LogP contribution < -0.4 is 10.1 Å². The molecule has 0 aliphatic rings. The summed E-state index contributed by atoms with van der Waals surface area (Å²) in [5.74, 6) is 0.370. The van der Waals surface area contributed by atoms with Gasteiger partial charge in [-0.1, -0.05) is 50.1 Å². The van der Waals surface area contributed by atoms with Crippen molar-refractivity contribution in [3.05, 3.63) is 65.7 Å². The fourth-order valence-corrected chi connectivity index (χ4v) is 2.24. The van der Waals surface area contributed by atoms with Crippen molar-refractivity contribution in [2.45, 2.75) is 26.2 Å². The van der Waals surface area contributed by atoms with Gasteiger partial charge in [0.1, 0.15) is 17.4 Å². The number of anilines is 1. The van der Waals surface area contributed by atoms with Crippen LogP contribution in [0.25, 0.3) is 6.08 Å². The highest BCUT2D eigenvalue weighted by Crippen LogP contribution is 2.16. The van der Waals surface area contributed by atoms with E-state index in [0.717, 1.165) is 30.6 Å². The molecule has 0 radical (unpaired) electrons. The first-order chi connectivity index (χ1) is 12.2. The first-order valence-electron chi connectivity index (χ1n) is 8.44. The Hall–Kier alpha value is -3.06. The first-order valence-corrected chi connectivity index (χ1v) is 8.44. The lowest BCUT2D eigenvalue weighted by atomic mass is 10.1. The number of rotatable bonds is 8. The van der Waals surface area contributed by atoms with Gasteiger partial charge in [-0.15, -0.1) is 0 Å². The van der Waals surface area contributed by atoms with Gasteiger partial charge in [-0.3, -0.25) is 4.79 Å². The average molecular weight is 334 g/mol. The molecule has 2 rings (SSSR count). The number of ether oxygens (including phenoxy) is 1. The molecule has 1 amide bonds. The summed E-state index contributed by atoms with van der Waals surface area (Å²) in [5, 5.41) is 12.0. The van der Waals surface area contributed by atoms with Gasteiger partial charge in [0.15, 0.2) is 0 Å². The van der Waals surface area contributed by atoms with Crippen LogP contribution in [0.4, 0.5) is 5.69 Å². The topological polar surface area (TPSA) is 62.1 Å². The Balaban J connectivity index is 1.99. The van der Waals surface area contributed by atoms with E-state index < -0.39 is 5.91 Å². The van der Waals surface area contributed by atoms with Crippen LogP contribution in [0.3, 0.4) is 0 Å². The molecule has 4 heteroatoms. The van der Waals surface area contributed by atoms with E-state index in [4.69, 9.17) is 4.74 Å². The molecule has 1 N–H and O–H groups in total. The molecule has 0 fully saturated rings. The average Bonchev–Trinajstić information content (AvgIpc) is 2.65. The van der Waals surface area contributed by atoms with Gasteiger partial charge in [0, 0.05) is 5.69 Å². The van der Waals surface area contributed by atoms with E-state index in [2.05, 4.69) is 12.2 Å². The lowest BCUT2D eigenvalue weighted by Gasteiger charge is -2.06. The molecule has 0 heterocycles. The number of para-hydroxylation sites is 1. The van der Waals surface area contributed by atoms with Crippen molar-refractivity contribution < 1.29 is 9.53 Å². The first kappa shape index (κ1) is 18.3. The van der Waals surface area contributed by atoms with E-state index in [0.29, 0.717) is 12.3 Å². The van der Waals surface area contributed by atoms with E-state index in [9.17, 15) is 10.1 Å². The minimum atomic E-state index is -0.423. The Morgan fingerprint density at radius 1 is 1.12 bits per heavy atom. The fraction of sp³-hybridized carbons (Fsp3) is 0.238. The number of nitriles is 1. The summed E-state index contributed by atoms with van der Waals surface area (Å²) in [6.45, 7) is 2.85. The van der Waals surface area contributed by atoms with Crippen LogP contribution in [-0.2, 0) is 4.79 Å². The van der Waals surface area contributed by atoms with E-state index in [1.807, 2.05) is 48.5 Å². The monoisotopic (exact) mass is 334 g/mol. The van der Waals surface area contributed by atoms with Crippen LogP contribution in [0.2, 0.25) is 0 Å². The number of carbonyl (C=O) groups excluding carboxylic acids is 1. The third kappa shape index (κ3) is 6.15. The SMILES string of the molecule is CCCCCOc1ccc(/C=C(/C#N)C(=O)Nc2ccccc2)cc1. The molecule has 25 heavy (non-hydrogen) atoms. The van der Waals surface area contributed by atoms with Gasteiger partial charge in [-0.25, -0.2) is 0 Å².